The molecule has 0 amide bonds. The van der Waals surface area contributed by atoms with Crippen LogP contribution in [0.5, 0.6) is 0 Å². The molecule has 0 aliphatic rings. The van der Waals surface area contributed by atoms with E-state index in [2.05, 4.69) is 32.3 Å². The van der Waals surface area contributed by atoms with E-state index in [0.717, 1.165) is 29.1 Å². The molecule has 1 heterocycles. The molecule has 1 N–H and O–H groups in total. The number of nitrogens with one attached hydrogen (secondary N) is 1. The minimum absolute atomic E-state index is 0.325. The number of rotatable bonds is 7. The summed E-state index contributed by atoms with van der Waals surface area (Å²) in [7, 11) is -3.45. The number of pyridine rings is 1. The SMILES string of the molecule is O=S(=O)(NCCCCCI)c1cccc2cnccc12. The van der Waals surface area contributed by atoms with Crippen molar-refractivity contribution in [2.45, 2.75) is 24.2 Å². The Labute approximate surface area is 133 Å². The summed E-state index contributed by atoms with van der Waals surface area (Å²) < 4.78 is 28.5. The Balaban J connectivity index is 2.15. The van der Waals surface area contributed by atoms with Gasteiger partial charge in [0.1, 0.15) is 0 Å². The number of fused-ring (bicyclic) bond motifs is 1. The minimum Gasteiger partial charge on any atom is -0.264 e. The quantitative estimate of drug-likeness (QED) is 0.438. The first-order valence-electron chi connectivity index (χ1n) is 6.53. The summed E-state index contributed by atoms with van der Waals surface area (Å²) in [5, 5.41) is 1.54. The van der Waals surface area contributed by atoms with Crippen LogP contribution in [0.4, 0.5) is 0 Å². The van der Waals surface area contributed by atoms with Crippen molar-refractivity contribution in [2.75, 3.05) is 11.0 Å². The largest absolute Gasteiger partial charge is 0.264 e. The summed E-state index contributed by atoms with van der Waals surface area (Å²) in [4.78, 5) is 4.34. The lowest BCUT2D eigenvalue weighted by atomic mass is 10.2. The number of alkyl halides is 1. The summed E-state index contributed by atoms with van der Waals surface area (Å²) in [6.45, 7) is 0.487. The first kappa shape index (κ1) is 15.7. The van der Waals surface area contributed by atoms with E-state index in [9.17, 15) is 8.42 Å². The molecule has 6 heteroatoms. The fourth-order valence-electron chi connectivity index (χ4n) is 2.01. The van der Waals surface area contributed by atoms with Gasteiger partial charge in [-0.3, -0.25) is 4.98 Å². The van der Waals surface area contributed by atoms with Crippen molar-refractivity contribution in [1.29, 1.82) is 0 Å². The molecule has 0 spiro atoms. The molecule has 0 radical (unpaired) electrons. The van der Waals surface area contributed by atoms with Crippen LogP contribution < -0.4 is 4.72 Å². The van der Waals surface area contributed by atoms with Gasteiger partial charge in [-0.1, -0.05) is 41.1 Å². The standard InChI is InChI=1S/C14H17IN2O2S/c15-8-2-1-3-9-17-20(18,19)14-6-4-5-12-11-16-10-7-13(12)14/h4-7,10-11,17H,1-3,8-9H2. The molecule has 0 aliphatic carbocycles. The number of hydrogen-bond donors (Lipinski definition) is 1. The van der Waals surface area contributed by atoms with Crippen molar-refractivity contribution in [1.82, 2.24) is 9.71 Å². The molecule has 2 rings (SSSR count). The molecule has 0 unspecified atom stereocenters. The van der Waals surface area contributed by atoms with Crippen LogP contribution in [-0.2, 0) is 10.0 Å². The molecule has 2 aromatic rings. The van der Waals surface area contributed by atoms with Crippen molar-refractivity contribution in [3.63, 3.8) is 0 Å². The highest BCUT2D eigenvalue weighted by atomic mass is 127. The number of halogens is 1. The maximum Gasteiger partial charge on any atom is 0.241 e. The van der Waals surface area contributed by atoms with Gasteiger partial charge in [-0.25, -0.2) is 13.1 Å². The van der Waals surface area contributed by atoms with E-state index in [4.69, 9.17) is 0 Å². The molecule has 0 fully saturated rings. The summed E-state index contributed by atoms with van der Waals surface area (Å²) in [5.74, 6) is 0. The van der Waals surface area contributed by atoms with E-state index in [1.54, 1.807) is 30.6 Å². The molecule has 0 aliphatic heterocycles. The fourth-order valence-corrected chi connectivity index (χ4v) is 3.85. The first-order valence-corrected chi connectivity index (χ1v) is 9.54. The van der Waals surface area contributed by atoms with Crippen molar-refractivity contribution < 1.29 is 8.42 Å². The van der Waals surface area contributed by atoms with E-state index in [-0.39, 0.29) is 0 Å². The highest BCUT2D eigenvalue weighted by Gasteiger charge is 2.16. The Morgan fingerprint density at radius 1 is 1.15 bits per heavy atom. The molecule has 20 heavy (non-hydrogen) atoms. The smallest absolute Gasteiger partial charge is 0.241 e. The Hall–Kier alpha value is -0.730. The maximum atomic E-state index is 12.3. The van der Waals surface area contributed by atoms with Crippen LogP contribution in [0.2, 0.25) is 0 Å². The number of hydrogen-bond acceptors (Lipinski definition) is 3. The number of benzene rings is 1. The first-order chi connectivity index (χ1) is 9.65. The van der Waals surface area contributed by atoms with Crippen LogP contribution >= 0.6 is 22.6 Å². The van der Waals surface area contributed by atoms with E-state index in [0.29, 0.717) is 16.8 Å². The van der Waals surface area contributed by atoms with Gasteiger partial charge in [0.2, 0.25) is 10.0 Å². The summed E-state index contributed by atoms with van der Waals surface area (Å²) in [5.41, 5.74) is 0. The van der Waals surface area contributed by atoms with Crippen LogP contribution in [0.25, 0.3) is 10.8 Å². The van der Waals surface area contributed by atoms with Crippen molar-refractivity contribution in [3.05, 3.63) is 36.7 Å². The number of aromatic nitrogens is 1. The molecule has 108 valence electrons. The van der Waals surface area contributed by atoms with Crippen LogP contribution in [0.3, 0.4) is 0 Å². The number of sulfonamides is 1. The fraction of sp³-hybridized carbons (Fsp3) is 0.357. The zero-order chi connectivity index (χ0) is 14.4. The lowest BCUT2D eigenvalue weighted by Gasteiger charge is -2.09. The molecule has 4 nitrogen and oxygen atoms in total. The zero-order valence-electron chi connectivity index (χ0n) is 11.0. The lowest BCUT2D eigenvalue weighted by molar-refractivity contribution is 0.577. The molecular formula is C14H17IN2O2S. The van der Waals surface area contributed by atoms with E-state index >= 15 is 0 Å². The Bertz CT molecular complexity index is 668. The van der Waals surface area contributed by atoms with Crippen molar-refractivity contribution in [2.24, 2.45) is 0 Å². The van der Waals surface area contributed by atoms with Gasteiger partial charge in [0, 0.05) is 29.7 Å². The summed E-state index contributed by atoms with van der Waals surface area (Å²) in [6.07, 6.45) is 6.33. The topological polar surface area (TPSA) is 59.1 Å². The average Bonchev–Trinajstić information content (AvgIpc) is 2.46. The van der Waals surface area contributed by atoms with E-state index in [1.807, 2.05) is 6.07 Å². The van der Waals surface area contributed by atoms with Crippen LogP contribution in [-0.4, -0.2) is 24.4 Å². The van der Waals surface area contributed by atoms with Crippen molar-refractivity contribution in [3.8, 4) is 0 Å². The van der Waals surface area contributed by atoms with Gasteiger partial charge in [0.05, 0.1) is 4.90 Å². The highest BCUT2D eigenvalue weighted by Crippen LogP contribution is 2.21. The predicted molar refractivity (Wildman–Crippen MR) is 89.7 cm³/mol. The van der Waals surface area contributed by atoms with E-state index < -0.39 is 10.0 Å². The highest BCUT2D eigenvalue weighted by molar-refractivity contribution is 14.1. The Morgan fingerprint density at radius 3 is 2.80 bits per heavy atom. The Morgan fingerprint density at radius 2 is 2.00 bits per heavy atom. The Kier molecular flexibility index (Phi) is 5.74. The van der Waals surface area contributed by atoms with Gasteiger partial charge in [-0.15, -0.1) is 0 Å². The second-order valence-corrected chi connectivity index (χ2v) is 7.31. The molecule has 1 aromatic heterocycles. The average molecular weight is 404 g/mol. The third-order valence-corrected chi connectivity index (χ3v) is 5.31. The van der Waals surface area contributed by atoms with E-state index in [1.165, 1.54) is 0 Å². The monoisotopic (exact) mass is 404 g/mol. The number of nitrogens with zero attached hydrogens (tertiary/aromatic N) is 1. The van der Waals surface area contributed by atoms with Gasteiger partial charge in [-0.2, -0.15) is 0 Å². The third-order valence-electron chi connectivity index (χ3n) is 3.03. The van der Waals surface area contributed by atoms with Gasteiger partial charge < -0.3 is 0 Å². The normalized spacial score (nSPS) is 11.8. The van der Waals surface area contributed by atoms with Crippen LogP contribution in [0.15, 0.2) is 41.6 Å². The zero-order valence-corrected chi connectivity index (χ0v) is 14.0. The van der Waals surface area contributed by atoms with Gasteiger partial charge in [0.15, 0.2) is 0 Å². The maximum absolute atomic E-state index is 12.3. The van der Waals surface area contributed by atoms with Crippen molar-refractivity contribution >= 4 is 43.4 Å². The molecule has 0 saturated heterocycles. The second kappa shape index (κ2) is 7.33. The van der Waals surface area contributed by atoms with Gasteiger partial charge in [0.25, 0.3) is 0 Å². The molecule has 0 bridgehead atoms. The lowest BCUT2D eigenvalue weighted by Crippen LogP contribution is -2.25. The molecular weight excluding hydrogens is 387 g/mol. The van der Waals surface area contributed by atoms with Gasteiger partial charge >= 0.3 is 0 Å². The number of unbranched alkanes of at least 4 members (excludes halogenated alkanes) is 2. The molecule has 1 aromatic carbocycles. The summed E-state index contributed by atoms with van der Waals surface area (Å²) in [6, 6.07) is 6.98. The van der Waals surface area contributed by atoms with Crippen LogP contribution in [0, 0.1) is 0 Å². The van der Waals surface area contributed by atoms with Crippen LogP contribution in [0.1, 0.15) is 19.3 Å². The molecule has 0 saturated carbocycles. The third kappa shape index (κ3) is 3.89. The molecule has 0 atom stereocenters. The minimum atomic E-state index is -3.45. The summed E-state index contributed by atoms with van der Waals surface area (Å²) >= 11 is 2.33. The predicted octanol–water partition coefficient (Wildman–Crippen LogP) is 3.12. The second-order valence-electron chi connectivity index (χ2n) is 4.50. The van der Waals surface area contributed by atoms with Gasteiger partial charge in [-0.05, 0) is 29.4 Å².